The van der Waals surface area contributed by atoms with Crippen LogP contribution in [-0.4, -0.2) is 56.9 Å². The minimum atomic E-state index is -3.36. The molecule has 288 valence electrons. The van der Waals surface area contributed by atoms with Gasteiger partial charge >= 0.3 is 10.0 Å². The van der Waals surface area contributed by atoms with E-state index in [9.17, 15) is 8.42 Å². The van der Waals surface area contributed by atoms with Gasteiger partial charge in [0.25, 0.3) is 5.37 Å². The number of benzene rings is 2. The van der Waals surface area contributed by atoms with Gasteiger partial charge in [0.1, 0.15) is 6.54 Å². The zero-order chi connectivity index (χ0) is 37.7. The number of unbranched alkanes of at least 4 members (excludes halogenated alkanes) is 14. The van der Waals surface area contributed by atoms with E-state index in [1.807, 2.05) is 0 Å². The molecule has 0 aromatic heterocycles. The topological polar surface area (TPSA) is 40.4 Å². The lowest BCUT2D eigenvalue weighted by atomic mass is 9.71. The van der Waals surface area contributed by atoms with Gasteiger partial charge in [-0.1, -0.05) is 111 Å². The Bertz CT molecular complexity index is 1800. The Balaban J connectivity index is 1.50. The summed E-state index contributed by atoms with van der Waals surface area (Å²) in [7, 11) is 0.855. The largest absolute Gasteiger partial charge is 0.378 e. The molecule has 5 rings (SSSR count). The molecule has 1 unspecified atom stereocenters. The SMILES string of the molecule is CCCCCCCCCC[N+]1(CCCCCCCCCC)C(C2=CC(C)(C)[N+](CC)=c3cc4c(cc32)=Cc2ccc(N(C)C)cc2C4(C)C)S1(=O)=O. The van der Waals surface area contributed by atoms with Crippen molar-refractivity contribution >= 4 is 27.4 Å². The number of nitrogens with zero attached hydrogens (tertiary/aromatic N) is 3. The minimum Gasteiger partial charge on any atom is -0.378 e. The summed E-state index contributed by atoms with van der Waals surface area (Å²) in [5, 5.41) is 1.94. The van der Waals surface area contributed by atoms with Gasteiger partial charge in [0.2, 0.25) is 5.36 Å². The van der Waals surface area contributed by atoms with E-state index in [0.29, 0.717) is 0 Å². The van der Waals surface area contributed by atoms with Crippen LogP contribution in [0, 0.1) is 0 Å². The Morgan fingerprint density at radius 3 is 1.77 bits per heavy atom. The molecule has 2 heterocycles. The van der Waals surface area contributed by atoms with Gasteiger partial charge in [0, 0.05) is 50.7 Å². The summed E-state index contributed by atoms with van der Waals surface area (Å²) >= 11 is 0. The molecule has 2 aromatic rings. The maximum Gasteiger partial charge on any atom is 0.358 e. The maximum atomic E-state index is 14.6. The van der Waals surface area contributed by atoms with Crippen molar-refractivity contribution in [1.29, 1.82) is 0 Å². The van der Waals surface area contributed by atoms with E-state index in [4.69, 9.17) is 0 Å². The van der Waals surface area contributed by atoms with Gasteiger partial charge in [-0.15, -0.1) is 0 Å². The fourth-order valence-electron chi connectivity index (χ4n) is 9.56. The molecule has 0 bridgehead atoms. The van der Waals surface area contributed by atoms with Crippen molar-refractivity contribution < 1.29 is 12.3 Å². The van der Waals surface area contributed by atoms with Crippen LogP contribution in [0.5, 0.6) is 0 Å². The van der Waals surface area contributed by atoms with E-state index in [1.165, 1.54) is 110 Å². The number of hydrogen-bond donors (Lipinski definition) is 0. The van der Waals surface area contributed by atoms with Crippen LogP contribution in [0.3, 0.4) is 0 Å². The normalized spacial score (nSPS) is 20.0. The van der Waals surface area contributed by atoms with Crippen LogP contribution in [0.4, 0.5) is 5.69 Å². The molecule has 0 amide bonds. The van der Waals surface area contributed by atoms with Crippen molar-refractivity contribution in [2.45, 2.75) is 168 Å². The first kappa shape index (κ1) is 40.7. The van der Waals surface area contributed by atoms with Crippen LogP contribution in [0.1, 0.15) is 173 Å². The van der Waals surface area contributed by atoms with E-state index >= 15 is 0 Å². The number of likely N-dealkylation sites (N-methyl/N-ethyl adjacent to an activating group) is 1. The highest BCUT2D eigenvalue weighted by Gasteiger charge is 2.75. The average molecular weight is 732 g/mol. The van der Waals surface area contributed by atoms with Gasteiger partial charge in [-0.2, -0.15) is 12.3 Å². The fraction of sp³-hybridized carbons (Fsp3) is 0.674. The van der Waals surface area contributed by atoms with E-state index in [1.54, 1.807) is 0 Å². The number of quaternary nitrogens is 1. The van der Waals surface area contributed by atoms with E-state index in [0.717, 1.165) is 56.5 Å². The van der Waals surface area contributed by atoms with Gasteiger partial charge in [-0.25, -0.2) is 4.58 Å². The quantitative estimate of drug-likeness (QED) is 0.0556. The van der Waals surface area contributed by atoms with E-state index < -0.39 is 15.4 Å². The van der Waals surface area contributed by atoms with Crippen LogP contribution >= 0.6 is 0 Å². The highest BCUT2D eigenvalue weighted by molar-refractivity contribution is 7.92. The van der Waals surface area contributed by atoms with Crippen molar-refractivity contribution in [3.63, 3.8) is 0 Å². The number of anilines is 1. The van der Waals surface area contributed by atoms with Crippen LogP contribution in [0.25, 0.3) is 11.6 Å². The van der Waals surface area contributed by atoms with Gasteiger partial charge in [-0.05, 0) is 84.9 Å². The summed E-state index contributed by atoms with van der Waals surface area (Å²) in [6.45, 7) is 18.4. The molecule has 6 heteroatoms. The smallest absolute Gasteiger partial charge is 0.358 e. The third kappa shape index (κ3) is 8.14. The molecule has 1 fully saturated rings. The van der Waals surface area contributed by atoms with Crippen molar-refractivity contribution in [1.82, 2.24) is 4.58 Å². The van der Waals surface area contributed by atoms with E-state index in [-0.39, 0.29) is 14.8 Å². The molecule has 0 spiro atoms. The lowest BCUT2D eigenvalue weighted by molar-refractivity contribution is -0.746. The first-order valence-electron chi connectivity index (χ1n) is 21.2. The zero-order valence-corrected chi connectivity index (χ0v) is 35.4. The summed E-state index contributed by atoms with van der Waals surface area (Å²) in [6, 6.07) is 11.6. The summed E-state index contributed by atoms with van der Waals surface area (Å²) in [5.41, 5.74) is 6.82. The Morgan fingerprint density at radius 1 is 0.712 bits per heavy atom. The highest BCUT2D eigenvalue weighted by Crippen LogP contribution is 2.51. The predicted octanol–water partition coefficient (Wildman–Crippen LogP) is 9.68. The molecule has 1 saturated heterocycles. The molecule has 0 saturated carbocycles. The third-order valence-electron chi connectivity index (χ3n) is 12.7. The van der Waals surface area contributed by atoms with E-state index in [2.05, 4.69) is 115 Å². The summed E-state index contributed by atoms with van der Waals surface area (Å²) in [5.74, 6) is 0. The molecule has 52 heavy (non-hydrogen) atoms. The first-order chi connectivity index (χ1) is 24.8. The lowest BCUT2D eigenvalue weighted by Gasteiger charge is -2.33. The first-order valence-corrected chi connectivity index (χ1v) is 22.7. The highest BCUT2D eigenvalue weighted by atomic mass is 32.2. The van der Waals surface area contributed by atoms with Gasteiger partial charge < -0.3 is 4.90 Å². The van der Waals surface area contributed by atoms with Crippen molar-refractivity contribution in [3.05, 3.63) is 69.2 Å². The molecule has 5 nitrogen and oxygen atoms in total. The number of sulfonamides is 1. The Kier molecular flexibility index (Phi) is 13.3. The molecule has 0 radical (unpaired) electrons. The van der Waals surface area contributed by atoms with Crippen molar-refractivity contribution in [3.8, 4) is 0 Å². The molecule has 1 aliphatic carbocycles. The zero-order valence-electron chi connectivity index (χ0n) is 34.6. The second-order valence-electron chi connectivity index (χ2n) is 17.6. The molecule has 2 aromatic carbocycles. The van der Waals surface area contributed by atoms with Crippen molar-refractivity contribution in [2.24, 2.45) is 0 Å². The van der Waals surface area contributed by atoms with Crippen LogP contribution in [-0.2, 0) is 15.4 Å². The predicted molar refractivity (Wildman–Crippen MR) is 224 cm³/mol. The number of hydrogen-bond acceptors (Lipinski definition) is 3. The average Bonchev–Trinajstić information content (AvgIpc) is 3.58. The molecular weight excluding hydrogens is 659 g/mol. The summed E-state index contributed by atoms with van der Waals surface area (Å²) in [6.07, 6.45) is 24.3. The van der Waals surface area contributed by atoms with Crippen LogP contribution in [0.15, 0.2) is 36.4 Å². The molecule has 3 aliphatic rings. The van der Waals surface area contributed by atoms with Gasteiger partial charge in [0.05, 0.1) is 18.7 Å². The Labute approximate surface area is 318 Å². The number of rotatable bonds is 21. The standard InChI is InChI=1S/C46H73N3O2S/c1-10-13-15-17-19-21-23-25-29-49(30-26-24-22-20-18-16-14-11-2)44(52(49,50)51)40-35-45(4,5)48(12-3)43-34-42-37(32-39(40)43)31-36-27-28-38(47(8)9)33-41(36)46(42,6)7/h27-28,31-35,44H,10-26,29-30H2,1-9H3/q+2. The van der Waals surface area contributed by atoms with Gasteiger partial charge in [0.15, 0.2) is 5.54 Å². The van der Waals surface area contributed by atoms with Crippen molar-refractivity contribution in [2.75, 3.05) is 38.6 Å². The van der Waals surface area contributed by atoms with Crippen LogP contribution < -0.4 is 20.1 Å². The summed E-state index contributed by atoms with van der Waals surface area (Å²) in [4.78, 5) is 2.18. The molecule has 0 N–H and O–H groups in total. The lowest BCUT2D eigenvalue weighted by Crippen LogP contribution is -2.51. The van der Waals surface area contributed by atoms with Gasteiger partial charge in [-0.3, -0.25) is 0 Å². The maximum absolute atomic E-state index is 14.6. The molecular formula is C46H73N3O2S+2. The Morgan fingerprint density at radius 2 is 1.25 bits per heavy atom. The second kappa shape index (κ2) is 16.9. The monoisotopic (exact) mass is 732 g/mol. The second-order valence-corrected chi connectivity index (χ2v) is 19.8. The fourth-order valence-corrected chi connectivity index (χ4v) is 12.1. The Hall–Kier alpha value is -2.44. The van der Waals surface area contributed by atoms with Crippen LogP contribution in [0.2, 0.25) is 0 Å². The number of fused-ring (bicyclic) bond motifs is 3. The molecule has 1 atom stereocenters. The minimum absolute atomic E-state index is 0.191. The third-order valence-corrected chi connectivity index (χ3v) is 15.3. The molecule has 2 aliphatic heterocycles. The summed E-state index contributed by atoms with van der Waals surface area (Å²) < 4.78 is 32.0.